The van der Waals surface area contributed by atoms with Crippen molar-refractivity contribution >= 4 is 22.2 Å². The molecule has 5 aromatic heterocycles. The van der Waals surface area contributed by atoms with Crippen LogP contribution in [0.1, 0.15) is 5.69 Å². The molecule has 0 aromatic carbocycles. The lowest BCUT2D eigenvalue weighted by molar-refractivity contribution is 0.654. The van der Waals surface area contributed by atoms with Crippen molar-refractivity contribution in [2.24, 2.45) is 7.05 Å². The van der Waals surface area contributed by atoms with E-state index in [0.717, 1.165) is 39.1 Å². The van der Waals surface area contributed by atoms with Gasteiger partial charge in [-0.2, -0.15) is 5.10 Å². The molecule has 0 fully saturated rings. The third kappa shape index (κ3) is 2.48. The van der Waals surface area contributed by atoms with Gasteiger partial charge in [-0.15, -0.1) is 5.10 Å². The summed E-state index contributed by atoms with van der Waals surface area (Å²) in [7, 11) is 1.88. The molecule has 26 heavy (non-hydrogen) atoms. The molecular formula is C18H14N8. The highest BCUT2D eigenvalue weighted by molar-refractivity contribution is 5.75. The highest BCUT2D eigenvalue weighted by Gasteiger charge is 2.11. The zero-order valence-electron chi connectivity index (χ0n) is 14.0. The van der Waals surface area contributed by atoms with Gasteiger partial charge in [0.25, 0.3) is 0 Å². The number of nitrogens with zero attached hydrogens (tertiary/aromatic N) is 8. The molecule has 0 unspecified atom stereocenters. The minimum Gasteiger partial charge on any atom is -0.275 e. The molecule has 0 spiro atoms. The van der Waals surface area contributed by atoms with Crippen molar-refractivity contribution in [2.75, 3.05) is 0 Å². The first-order chi connectivity index (χ1) is 12.8. The molecule has 0 aliphatic rings. The van der Waals surface area contributed by atoms with Crippen LogP contribution in [-0.2, 0) is 13.6 Å². The second kappa shape index (κ2) is 5.69. The van der Waals surface area contributed by atoms with Gasteiger partial charge in [0.2, 0.25) is 0 Å². The summed E-state index contributed by atoms with van der Waals surface area (Å²) in [5.41, 5.74) is 5.88. The molecule has 0 N–H and O–H groups in total. The topological polar surface area (TPSA) is 87.2 Å². The summed E-state index contributed by atoms with van der Waals surface area (Å²) in [6.45, 7) is 0.491. The first kappa shape index (κ1) is 14.6. The molecule has 0 saturated carbocycles. The molecule has 0 aliphatic heterocycles. The fourth-order valence-corrected chi connectivity index (χ4v) is 2.91. The average Bonchev–Trinajstić information content (AvgIpc) is 3.28. The van der Waals surface area contributed by atoms with Gasteiger partial charge < -0.3 is 0 Å². The SMILES string of the molecule is Cn1cc(-c2ccc3nnn(Cc4ccc5ncccc5n4)c3n2)cn1. The summed E-state index contributed by atoms with van der Waals surface area (Å²) in [6.07, 6.45) is 5.49. The van der Waals surface area contributed by atoms with E-state index in [2.05, 4.69) is 25.4 Å². The van der Waals surface area contributed by atoms with Crippen molar-refractivity contribution in [3.8, 4) is 11.3 Å². The van der Waals surface area contributed by atoms with Crippen LogP contribution >= 0.6 is 0 Å². The van der Waals surface area contributed by atoms with Crippen LogP contribution in [0.5, 0.6) is 0 Å². The minimum atomic E-state index is 0.491. The van der Waals surface area contributed by atoms with Gasteiger partial charge in [0.1, 0.15) is 5.52 Å². The van der Waals surface area contributed by atoms with Crippen LogP contribution in [0.4, 0.5) is 0 Å². The standard InChI is InChI=1S/C18H14N8/c1-25-10-12(9-20-25)14-6-7-17-18(22-14)26(24-23-17)11-13-4-5-15-16(21-13)3-2-8-19-15/h2-10H,11H2,1H3. The quantitative estimate of drug-likeness (QED) is 0.500. The number of aromatic nitrogens is 8. The summed E-state index contributed by atoms with van der Waals surface area (Å²) in [6, 6.07) is 11.6. The van der Waals surface area contributed by atoms with Crippen LogP contribution in [0, 0.1) is 0 Å². The molecule has 0 bridgehead atoms. The third-order valence-electron chi connectivity index (χ3n) is 4.19. The van der Waals surface area contributed by atoms with Crippen LogP contribution in [0.3, 0.4) is 0 Å². The highest BCUT2D eigenvalue weighted by Crippen LogP contribution is 2.19. The van der Waals surface area contributed by atoms with E-state index in [4.69, 9.17) is 4.98 Å². The van der Waals surface area contributed by atoms with Crippen molar-refractivity contribution in [3.05, 3.63) is 60.7 Å². The fraction of sp³-hybridized carbons (Fsp3) is 0.111. The fourth-order valence-electron chi connectivity index (χ4n) is 2.91. The molecule has 0 aliphatic carbocycles. The van der Waals surface area contributed by atoms with E-state index in [1.165, 1.54) is 0 Å². The van der Waals surface area contributed by atoms with Gasteiger partial charge in [-0.05, 0) is 36.4 Å². The number of rotatable bonds is 3. The van der Waals surface area contributed by atoms with Crippen molar-refractivity contribution in [2.45, 2.75) is 6.54 Å². The van der Waals surface area contributed by atoms with Crippen LogP contribution in [-0.4, -0.2) is 39.7 Å². The lowest BCUT2D eigenvalue weighted by Crippen LogP contribution is -2.05. The maximum Gasteiger partial charge on any atom is 0.179 e. The van der Waals surface area contributed by atoms with Gasteiger partial charge in [-0.1, -0.05) is 5.21 Å². The normalized spacial score (nSPS) is 11.4. The van der Waals surface area contributed by atoms with Gasteiger partial charge in [-0.3, -0.25) is 9.67 Å². The number of fused-ring (bicyclic) bond motifs is 2. The van der Waals surface area contributed by atoms with E-state index >= 15 is 0 Å². The summed E-state index contributed by atoms with van der Waals surface area (Å²) >= 11 is 0. The maximum atomic E-state index is 4.72. The Morgan fingerprint density at radius 3 is 2.77 bits per heavy atom. The summed E-state index contributed by atoms with van der Waals surface area (Å²) in [5.74, 6) is 0. The molecule has 5 heterocycles. The second-order valence-corrected chi connectivity index (χ2v) is 6.03. The molecule has 5 rings (SSSR count). The zero-order chi connectivity index (χ0) is 17.5. The Labute approximate surface area is 148 Å². The Morgan fingerprint density at radius 2 is 1.88 bits per heavy atom. The average molecular weight is 342 g/mol. The molecular weight excluding hydrogens is 328 g/mol. The van der Waals surface area contributed by atoms with E-state index in [0.29, 0.717) is 6.54 Å². The predicted molar refractivity (Wildman–Crippen MR) is 96.2 cm³/mol. The zero-order valence-corrected chi connectivity index (χ0v) is 14.0. The maximum absolute atomic E-state index is 4.72. The summed E-state index contributed by atoms with van der Waals surface area (Å²) in [4.78, 5) is 13.7. The van der Waals surface area contributed by atoms with Crippen molar-refractivity contribution in [1.82, 2.24) is 39.7 Å². The van der Waals surface area contributed by atoms with E-state index in [1.807, 2.05) is 49.6 Å². The molecule has 0 atom stereocenters. The van der Waals surface area contributed by atoms with E-state index < -0.39 is 0 Å². The molecule has 0 amide bonds. The van der Waals surface area contributed by atoms with E-state index in [1.54, 1.807) is 21.8 Å². The largest absolute Gasteiger partial charge is 0.275 e. The van der Waals surface area contributed by atoms with Gasteiger partial charge in [0, 0.05) is 25.0 Å². The van der Waals surface area contributed by atoms with Crippen molar-refractivity contribution in [3.63, 3.8) is 0 Å². The molecule has 8 nitrogen and oxygen atoms in total. The predicted octanol–water partition coefficient (Wildman–Crippen LogP) is 2.22. The Hall–Kier alpha value is -3.68. The van der Waals surface area contributed by atoms with Crippen molar-refractivity contribution < 1.29 is 0 Å². The van der Waals surface area contributed by atoms with Crippen LogP contribution in [0.2, 0.25) is 0 Å². The van der Waals surface area contributed by atoms with Gasteiger partial charge in [-0.25, -0.2) is 14.6 Å². The number of pyridine rings is 3. The monoisotopic (exact) mass is 342 g/mol. The van der Waals surface area contributed by atoms with Gasteiger partial charge >= 0.3 is 0 Å². The van der Waals surface area contributed by atoms with Crippen molar-refractivity contribution in [1.29, 1.82) is 0 Å². The number of aryl methyl sites for hydroxylation is 1. The van der Waals surface area contributed by atoms with Gasteiger partial charge in [0.15, 0.2) is 5.65 Å². The molecule has 0 radical (unpaired) electrons. The molecule has 126 valence electrons. The molecule has 8 heteroatoms. The van der Waals surface area contributed by atoms with Crippen LogP contribution < -0.4 is 0 Å². The second-order valence-electron chi connectivity index (χ2n) is 6.03. The first-order valence-corrected chi connectivity index (χ1v) is 8.16. The van der Waals surface area contributed by atoms with E-state index in [-0.39, 0.29) is 0 Å². The van der Waals surface area contributed by atoms with Crippen LogP contribution in [0.15, 0.2) is 55.0 Å². The molecule has 0 saturated heterocycles. The van der Waals surface area contributed by atoms with Crippen LogP contribution in [0.25, 0.3) is 33.5 Å². The van der Waals surface area contributed by atoms with E-state index in [9.17, 15) is 0 Å². The Morgan fingerprint density at radius 1 is 0.962 bits per heavy atom. The third-order valence-corrected chi connectivity index (χ3v) is 4.19. The minimum absolute atomic E-state index is 0.491. The lowest BCUT2D eigenvalue weighted by atomic mass is 10.2. The lowest BCUT2D eigenvalue weighted by Gasteiger charge is -2.04. The highest BCUT2D eigenvalue weighted by atomic mass is 15.4. The Bertz CT molecular complexity index is 1240. The number of hydrogen-bond acceptors (Lipinski definition) is 6. The summed E-state index contributed by atoms with van der Waals surface area (Å²) < 4.78 is 3.52. The number of hydrogen-bond donors (Lipinski definition) is 0. The van der Waals surface area contributed by atoms with Gasteiger partial charge in [0.05, 0.1) is 35.2 Å². The molecule has 5 aromatic rings. The summed E-state index contributed by atoms with van der Waals surface area (Å²) in [5, 5.41) is 12.6. The smallest absolute Gasteiger partial charge is 0.179 e. The first-order valence-electron chi connectivity index (χ1n) is 8.16. The Kier molecular flexibility index (Phi) is 3.21. The Balaban J connectivity index is 1.55.